The Hall–Kier alpha value is -3.42. The Kier molecular flexibility index (Phi) is 10.7. The Balaban J connectivity index is 1.68. The summed E-state index contributed by atoms with van der Waals surface area (Å²) in [5, 5.41) is 8.89. The van der Waals surface area contributed by atoms with Crippen molar-refractivity contribution in [2.24, 2.45) is 5.92 Å². The minimum absolute atomic E-state index is 0.252. The molecule has 0 saturated carbocycles. The lowest BCUT2D eigenvalue weighted by molar-refractivity contribution is -0.137. The Bertz CT molecular complexity index is 1140. The van der Waals surface area contributed by atoms with Crippen molar-refractivity contribution in [2.45, 2.75) is 58.3 Å². The number of aromatic nitrogens is 1. The van der Waals surface area contributed by atoms with Crippen molar-refractivity contribution in [1.82, 2.24) is 4.98 Å². The average Bonchev–Trinajstić information content (AvgIpc) is 2.90. The number of carboxylic acid groups (broad SMARTS) is 1. The van der Waals surface area contributed by atoms with Crippen LogP contribution in [0.3, 0.4) is 0 Å². The van der Waals surface area contributed by atoms with Gasteiger partial charge in [-0.25, -0.2) is 0 Å². The molecular weight excluding hydrogens is 446 g/mol. The van der Waals surface area contributed by atoms with Gasteiger partial charge in [-0.15, -0.1) is 0 Å². The van der Waals surface area contributed by atoms with Gasteiger partial charge in [-0.05, 0) is 72.6 Å². The van der Waals surface area contributed by atoms with E-state index in [1.807, 2.05) is 19.1 Å². The van der Waals surface area contributed by atoms with E-state index in [1.54, 1.807) is 13.3 Å². The molecule has 2 aromatic carbocycles. The van der Waals surface area contributed by atoms with E-state index < -0.39 is 5.97 Å². The SMILES string of the molecule is CCC(COC)C(CCCCCC(=O)O)c1ccc(-c2ccc(C#Cc3ccc(C)nc3)cc2)cc1. The van der Waals surface area contributed by atoms with Crippen LogP contribution in [-0.2, 0) is 9.53 Å². The van der Waals surface area contributed by atoms with Crippen LogP contribution < -0.4 is 0 Å². The number of aliphatic carboxylic acids is 1. The first-order chi connectivity index (χ1) is 17.5. The lowest BCUT2D eigenvalue weighted by Gasteiger charge is -2.26. The standard InChI is InChI=1S/C32H37NO3/c1-4-27(23-36-3)31(8-6-5-7-9-32(34)35)30-20-18-29(19-21-30)28-16-14-25(15-17-28)12-13-26-11-10-24(2)33-22-26/h10-11,14-22,27,31H,4-9,23H2,1-3H3,(H,34,35). The molecular formula is C32H37NO3. The second kappa shape index (κ2) is 14.2. The van der Waals surface area contributed by atoms with Crippen molar-refractivity contribution < 1.29 is 14.6 Å². The smallest absolute Gasteiger partial charge is 0.303 e. The molecule has 0 fully saturated rings. The first kappa shape index (κ1) is 27.2. The second-order valence-electron chi connectivity index (χ2n) is 9.36. The summed E-state index contributed by atoms with van der Waals surface area (Å²) in [6.07, 6.45) is 6.87. The van der Waals surface area contributed by atoms with Crippen molar-refractivity contribution in [2.75, 3.05) is 13.7 Å². The molecule has 1 heterocycles. The molecule has 0 aliphatic rings. The van der Waals surface area contributed by atoms with Crippen molar-refractivity contribution >= 4 is 5.97 Å². The summed E-state index contributed by atoms with van der Waals surface area (Å²) in [7, 11) is 1.77. The van der Waals surface area contributed by atoms with Crippen LogP contribution in [0.5, 0.6) is 0 Å². The van der Waals surface area contributed by atoms with Gasteiger partial charge in [0.25, 0.3) is 0 Å². The van der Waals surface area contributed by atoms with Crippen molar-refractivity contribution in [3.8, 4) is 23.0 Å². The molecule has 3 rings (SSSR count). The fourth-order valence-corrected chi connectivity index (χ4v) is 4.58. The van der Waals surface area contributed by atoms with Gasteiger partial charge in [-0.2, -0.15) is 0 Å². The van der Waals surface area contributed by atoms with Gasteiger partial charge in [-0.3, -0.25) is 9.78 Å². The van der Waals surface area contributed by atoms with E-state index in [0.717, 1.165) is 55.5 Å². The monoisotopic (exact) mass is 483 g/mol. The number of ether oxygens (including phenoxy) is 1. The lowest BCUT2D eigenvalue weighted by Crippen LogP contribution is -2.18. The number of pyridine rings is 1. The van der Waals surface area contributed by atoms with E-state index in [-0.39, 0.29) is 6.42 Å². The first-order valence-corrected chi connectivity index (χ1v) is 12.9. The fraction of sp³-hybridized carbons (Fsp3) is 0.375. The topological polar surface area (TPSA) is 59.4 Å². The molecule has 36 heavy (non-hydrogen) atoms. The van der Waals surface area contributed by atoms with Crippen LogP contribution in [0.25, 0.3) is 11.1 Å². The van der Waals surface area contributed by atoms with E-state index in [1.165, 1.54) is 16.7 Å². The quantitative estimate of drug-likeness (QED) is 0.218. The number of rotatable bonds is 12. The highest BCUT2D eigenvalue weighted by Crippen LogP contribution is 2.34. The second-order valence-corrected chi connectivity index (χ2v) is 9.36. The third-order valence-electron chi connectivity index (χ3n) is 6.70. The molecule has 0 radical (unpaired) electrons. The molecule has 0 aliphatic carbocycles. The van der Waals surface area contributed by atoms with E-state index in [4.69, 9.17) is 9.84 Å². The van der Waals surface area contributed by atoms with Crippen molar-refractivity contribution in [3.63, 3.8) is 0 Å². The third kappa shape index (κ3) is 8.36. The van der Waals surface area contributed by atoms with E-state index >= 15 is 0 Å². The Morgan fingerprint density at radius 3 is 2.14 bits per heavy atom. The molecule has 3 aromatic rings. The molecule has 0 saturated heterocycles. The van der Waals surface area contributed by atoms with Crippen LogP contribution >= 0.6 is 0 Å². The van der Waals surface area contributed by atoms with Gasteiger partial charge in [-0.1, -0.05) is 74.4 Å². The number of benzene rings is 2. The number of unbranched alkanes of at least 4 members (excludes halogenated alkanes) is 2. The highest BCUT2D eigenvalue weighted by atomic mass is 16.5. The first-order valence-electron chi connectivity index (χ1n) is 12.9. The maximum atomic E-state index is 10.8. The van der Waals surface area contributed by atoms with Crippen LogP contribution in [0.1, 0.15) is 73.8 Å². The van der Waals surface area contributed by atoms with Gasteiger partial charge < -0.3 is 9.84 Å². The van der Waals surface area contributed by atoms with Gasteiger partial charge in [0.2, 0.25) is 0 Å². The summed E-state index contributed by atoms with van der Waals surface area (Å²) in [5.41, 5.74) is 6.55. The maximum Gasteiger partial charge on any atom is 0.303 e. The maximum absolute atomic E-state index is 10.8. The molecule has 0 spiro atoms. The molecule has 188 valence electrons. The van der Waals surface area contributed by atoms with Crippen LogP contribution in [0, 0.1) is 24.7 Å². The summed E-state index contributed by atoms with van der Waals surface area (Å²) in [6, 6.07) is 21.2. The zero-order valence-electron chi connectivity index (χ0n) is 21.7. The molecule has 0 aliphatic heterocycles. The molecule has 0 amide bonds. The molecule has 1 aromatic heterocycles. The van der Waals surface area contributed by atoms with Gasteiger partial charge >= 0.3 is 5.97 Å². The van der Waals surface area contributed by atoms with Gasteiger partial charge in [0.1, 0.15) is 0 Å². The van der Waals surface area contributed by atoms with Crippen LogP contribution in [0.15, 0.2) is 66.9 Å². The highest BCUT2D eigenvalue weighted by molar-refractivity contribution is 5.66. The normalized spacial score (nSPS) is 12.4. The van der Waals surface area contributed by atoms with Crippen LogP contribution in [0.4, 0.5) is 0 Å². The van der Waals surface area contributed by atoms with Gasteiger partial charge in [0, 0.05) is 43.2 Å². The zero-order valence-corrected chi connectivity index (χ0v) is 21.7. The summed E-state index contributed by atoms with van der Waals surface area (Å²) >= 11 is 0. The Morgan fingerprint density at radius 1 is 0.917 bits per heavy atom. The van der Waals surface area contributed by atoms with E-state index in [9.17, 15) is 4.79 Å². The summed E-state index contributed by atoms with van der Waals surface area (Å²) < 4.78 is 5.52. The average molecular weight is 484 g/mol. The van der Waals surface area contributed by atoms with Crippen molar-refractivity contribution in [3.05, 3.63) is 89.2 Å². The van der Waals surface area contributed by atoms with E-state index in [0.29, 0.717) is 11.8 Å². The van der Waals surface area contributed by atoms with Gasteiger partial charge in [0.15, 0.2) is 0 Å². The number of methoxy groups -OCH3 is 1. The van der Waals surface area contributed by atoms with Crippen molar-refractivity contribution in [1.29, 1.82) is 0 Å². The predicted molar refractivity (Wildman–Crippen MR) is 146 cm³/mol. The summed E-state index contributed by atoms with van der Waals surface area (Å²) in [6.45, 7) is 4.92. The van der Waals surface area contributed by atoms with E-state index in [2.05, 4.69) is 72.3 Å². The third-order valence-corrected chi connectivity index (χ3v) is 6.70. The number of hydrogen-bond donors (Lipinski definition) is 1. The predicted octanol–water partition coefficient (Wildman–Crippen LogP) is 7.25. The highest BCUT2D eigenvalue weighted by Gasteiger charge is 2.21. The lowest BCUT2D eigenvalue weighted by atomic mass is 9.80. The molecule has 4 nitrogen and oxygen atoms in total. The number of nitrogens with zero attached hydrogens (tertiary/aromatic N) is 1. The van der Waals surface area contributed by atoms with Gasteiger partial charge in [0.05, 0.1) is 0 Å². The fourth-order valence-electron chi connectivity index (χ4n) is 4.58. The Morgan fingerprint density at radius 2 is 1.56 bits per heavy atom. The molecule has 0 bridgehead atoms. The number of carbonyl (C=O) groups is 1. The number of carboxylic acids is 1. The van der Waals surface area contributed by atoms with Crippen LogP contribution in [0.2, 0.25) is 0 Å². The summed E-state index contributed by atoms with van der Waals surface area (Å²) in [5.74, 6) is 6.53. The number of aryl methyl sites for hydroxylation is 1. The molecule has 1 N–H and O–H groups in total. The van der Waals surface area contributed by atoms with Crippen LogP contribution in [-0.4, -0.2) is 29.8 Å². The number of hydrogen-bond acceptors (Lipinski definition) is 3. The molecule has 4 heteroatoms. The Labute approximate surface area is 215 Å². The summed E-state index contributed by atoms with van der Waals surface area (Å²) in [4.78, 5) is 15.1. The molecule has 2 unspecified atom stereocenters. The minimum atomic E-state index is -0.711. The largest absolute Gasteiger partial charge is 0.481 e. The minimum Gasteiger partial charge on any atom is -0.481 e. The zero-order chi connectivity index (χ0) is 25.8. The molecule has 2 atom stereocenters.